The molecule has 1 saturated carbocycles. The second-order valence-corrected chi connectivity index (χ2v) is 6.30. The molecule has 0 spiro atoms. The van der Waals surface area contributed by atoms with Gasteiger partial charge in [0.2, 0.25) is 0 Å². The number of ether oxygens (including phenoxy) is 1. The minimum atomic E-state index is 0.724. The third kappa shape index (κ3) is 3.71. The van der Waals surface area contributed by atoms with E-state index < -0.39 is 0 Å². The van der Waals surface area contributed by atoms with Gasteiger partial charge in [-0.1, -0.05) is 26.7 Å². The van der Waals surface area contributed by atoms with Crippen LogP contribution in [0.5, 0.6) is 0 Å². The smallest absolute Gasteiger partial charge is 0.0509 e. The van der Waals surface area contributed by atoms with Crippen molar-refractivity contribution in [2.45, 2.75) is 64.8 Å². The van der Waals surface area contributed by atoms with Crippen molar-refractivity contribution in [1.29, 1.82) is 0 Å². The number of rotatable bonds is 6. The summed E-state index contributed by atoms with van der Waals surface area (Å²) in [7, 11) is 0. The molecule has 0 aromatic heterocycles. The van der Waals surface area contributed by atoms with Crippen molar-refractivity contribution in [2.75, 3.05) is 19.8 Å². The molecule has 2 heteroatoms. The zero-order chi connectivity index (χ0) is 12.8. The molecular formula is C16H31NO. The van der Waals surface area contributed by atoms with Gasteiger partial charge in [0.15, 0.2) is 0 Å². The standard InChI is InChI=1S/C16H31NO/c1-3-9-17-16(15-6-5-10-18-12-15)14-8-7-13(4-2)11-14/h13-17H,3-12H2,1-2H3. The van der Waals surface area contributed by atoms with Gasteiger partial charge < -0.3 is 10.1 Å². The highest BCUT2D eigenvalue weighted by molar-refractivity contribution is 4.89. The van der Waals surface area contributed by atoms with Gasteiger partial charge in [-0.05, 0) is 56.4 Å². The van der Waals surface area contributed by atoms with Crippen molar-refractivity contribution in [1.82, 2.24) is 5.32 Å². The molecule has 2 aliphatic rings. The second-order valence-electron chi connectivity index (χ2n) is 6.30. The van der Waals surface area contributed by atoms with Crippen molar-refractivity contribution in [3.8, 4) is 0 Å². The first-order chi connectivity index (χ1) is 8.85. The van der Waals surface area contributed by atoms with E-state index in [2.05, 4.69) is 19.2 Å². The lowest BCUT2D eigenvalue weighted by atomic mass is 9.83. The Balaban J connectivity index is 1.91. The monoisotopic (exact) mass is 253 g/mol. The molecule has 0 radical (unpaired) electrons. The zero-order valence-corrected chi connectivity index (χ0v) is 12.3. The number of nitrogens with one attached hydrogen (secondary N) is 1. The summed E-state index contributed by atoms with van der Waals surface area (Å²) in [6.45, 7) is 7.78. The summed E-state index contributed by atoms with van der Waals surface area (Å²) in [6.07, 6.45) is 9.60. The fraction of sp³-hybridized carbons (Fsp3) is 1.00. The molecule has 1 saturated heterocycles. The van der Waals surface area contributed by atoms with E-state index >= 15 is 0 Å². The molecule has 4 atom stereocenters. The summed E-state index contributed by atoms with van der Waals surface area (Å²) >= 11 is 0. The van der Waals surface area contributed by atoms with Crippen LogP contribution >= 0.6 is 0 Å². The van der Waals surface area contributed by atoms with Gasteiger partial charge in [-0.15, -0.1) is 0 Å². The second kappa shape index (κ2) is 7.49. The molecule has 2 fully saturated rings. The molecule has 2 nitrogen and oxygen atoms in total. The SMILES string of the molecule is CCCNC(C1CCCOC1)C1CCC(CC)C1. The van der Waals surface area contributed by atoms with E-state index in [1.165, 1.54) is 51.5 Å². The molecular weight excluding hydrogens is 222 g/mol. The molecule has 1 aliphatic carbocycles. The number of hydrogen-bond donors (Lipinski definition) is 1. The highest BCUT2D eigenvalue weighted by atomic mass is 16.5. The van der Waals surface area contributed by atoms with E-state index in [9.17, 15) is 0 Å². The molecule has 1 N–H and O–H groups in total. The van der Waals surface area contributed by atoms with Gasteiger partial charge in [-0.3, -0.25) is 0 Å². The van der Waals surface area contributed by atoms with Crippen LogP contribution in [0.25, 0.3) is 0 Å². The van der Waals surface area contributed by atoms with Crippen LogP contribution in [0.2, 0.25) is 0 Å². The Bertz CT molecular complexity index is 225. The molecule has 1 aliphatic heterocycles. The van der Waals surface area contributed by atoms with Crippen LogP contribution in [0.15, 0.2) is 0 Å². The average molecular weight is 253 g/mol. The highest BCUT2D eigenvalue weighted by Gasteiger charge is 2.34. The van der Waals surface area contributed by atoms with E-state index in [0.29, 0.717) is 0 Å². The van der Waals surface area contributed by atoms with Crippen molar-refractivity contribution in [3.05, 3.63) is 0 Å². The maximum atomic E-state index is 5.72. The number of hydrogen-bond acceptors (Lipinski definition) is 2. The van der Waals surface area contributed by atoms with Crippen molar-refractivity contribution in [3.63, 3.8) is 0 Å². The van der Waals surface area contributed by atoms with Crippen LogP contribution in [0.3, 0.4) is 0 Å². The summed E-state index contributed by atoms with van der Waals surface area (Å²) in [4.78, 5) is 0. The Hall–Kier alpha value is -0.0800. The molecule has 0 aromatic carbocycles. The molecule has 1 heterocycles. The van der Waals surface area contributed by atoms with Gasteiger partial charge in [-0.2, -0.15) is 0 Å². The van der Waals surface area contributed by atoms with Crippen LogP contribution in [0.4, 0.5) is 0 Å². The van der Waals surface area contributed by atoms with E-state index in [1.807, 2.05) is 0 Å². The van der Waals surface area contributed by atoms with E-state index in [4.69, 9.17) is 4.74 Å². The van der Waals surface area contributed by atoms with E-state index in [1.54, 1.807) is 0 Å². The Morgan fingerprint density at radius 3 is 2.67 bits per heavy atom. The van der Waals surface area contributed by atoms with Crippen molar-refractivity contribution >= 4 is 0 Å². The lowest BCUT2D eigenvalue weighted by molar-refractivity contribution is 0.0287. The maximum absolute atomic E-state index is 5.72. The predicted molar refractivity (Wildman–Crippen MR) is 76.7 cm³/mol. The normalized spacial score (nSPS) is 34.7. The lowest BCUT2D eigenvalue weighted by Gasteiger charge is -2.35. The Labute approximate surface area is 113 Å². The molecule has 106 valence electrons. The minimum absolute atomic E-state index is 0.724. The van der Waals surface area contributed by atoms with Crippen LogP contribution in [-0.4, -0.2) is 25.8 Å². The van der Waals surface area contributed by atoms with Gasteiger partial charge in [0.05, 0.1) is 6.61 Å². The van der Waals surface area contributed by atoms with Gasteiger partial charge in [0.1, 0.15) is 0 Å². The third-order valence-electron chi connectivity index (χ3n) is 5.00. The summed E-state index contributed by atoms with van der Waals surface area (Å²) in [5.74, 6) is 2.67. The Morgan fingerprint density at radius 2 is 2.06 bits per heavy atom. The van der Waals surface area contributed by atoms with Crippen LogP contribution in [0.1, 0.15) is 58.8 Å². The topological polar surface area (TPSA) is 21.3 Å². The quantitative estimate of drug-likeness (QED) is 0.781. The van der Waals surface area contributed by atoms with E-state index in [0.717, 1.165) is 37.0 Å². The van der Waals surface area contributed by atoms with E-state index in [-0.39, 0.29) is 0 Å². The van der Waals surface area contributed by atoms with Crippen molar-refractivity contribution < 1.29 is 4.74 Å². The van der Waals surface area contributed by atoms with Gasteiger partial charge in [0.25, 0.3) is 0 Å². The molecule has 18 heavy (non-hydrogen) atoms. The summed E-state index contributed by atoms with van der Waals surface area (Å²) < 4.78 is 5.72. The zero-order valence-electron chi connectivity index (χ0n) is 12.3. The molecule has 4 unspecified atom stereocenters. The maximum Gasteiger partial charge on any atom is 0.0509 e. The molecule has 2 rings (SSSR count). The van der Waals surface area contributed by atoms with Crippen LogP contribution in [-0.2, 0) is 4.74 Å². The largest absolute Gasteiger partial charge is 0.381 e. The first kappa shape index (κ1) is 14.3. The molecule has 0 aromatic rings. The lowest BCUT2D eigenvalue weighted by Crippen LogP contribution is -2.45. The fourth-order valence-corrected chi connectivity index (χ4v) is 3.89. The van der Waals surface area contributed by atoms with Gasteiger partial charge in [0, 0.05) is 12.6 Å². The summed E-state index contributed by atoms with van der Waals surface area (Å²) in [5, 5.41) is 3.85. The van der Waals surface area contributed by atoms with Gasteiger partial charge >= 0.3 is 0 Å². The van der Waals surface area contributed by atoms with Crippen molar-refractivity contribution in [2.24, 2.45) is 17.8 Å². The fourth-order valence-electron chi connectivity index (χ4n) is 3.89. The minimum Gasteiger partial charge on any atom is -0.381 e. The Kier molecular flexibility index (Phi) is 5.97. The third-order valence-corrected chi connectivity index (χ3v) is 5.00. The van der Waals surface area contributed by atoms with Crippen LogP contribution in [0, 0.1) is 17.8 Å². The first-order valence-corrected chi connectivity index (χ1v) is 8.16. The first-order valence-electron chi connectivity index (χ1n) is 8.16. The van der Waals surface area contributed by atoms with Gasteiger partial charge in [-0.25, -0.2) is 0 Å². The molecule has 0 amide bonds. The predicted octanol–water partition coefficient (Wildman–Crippen LogP) is 3.61. The average Bonchev–Trinajstić information content (AvgIpc) is 2.89. The summed E-state index contributed by atoms with van der Waals surface area (Å²) in [6, 6.07) is 0.724. The Morgan fingerprint density at radius 1 is 1.17 bits per heavy atom. The molecule has 0 bridgehead atoms. The highest BCUT2D eigenvalue weighted by Crippen LogP contribution is 2.38. The van der Waals surface area contributed by atoms with Crippen LogP contribution < -0.4 is 5.32 Å². The summed E-state index contributed by atoms with van der Waals surface area (Å²) in [5.41, 5.74) is 0.